The average molecular weight is 324 g/mol. The van der Waals surface area contributed by atoms with Gasteiger partial charge in [0.05, 0.1) is 5.75 Å². The van der Waals surface area contributed by atoms with Crippen molar-refractivity contribution in [3.63, 3.8) is 0 Å². The highest BCUT2D eigenvalue weighted by Crippen LogP contribution is 2.27. The molecule has 1 aromatic rings. The molecule has 1 amide bonds. The number of sulfonamides is 1. The Labute approximate surface area is 132 Å². The van der Waals surface area contributed by atoms with Crippen LogP contribution >= 0.6 is 0 Å². The molecular weight excluding hydrogens is 300 g/mol. The zero-order valence-corrected chi connectivity index (χ0v) is 13.8. The van der Waals surface area contributed by atoms with E-state index in [9.17, 15) is 13.2 Å². The van der Waals surface area contributed by atoms with Crippen molar-refractivity contribution in [2.75, 3.05) is 18.8 Å². The predicted octanol–water partition coefficient (Wildman–Crippen LogP) is 1.77. The molecule has 6 heteroatoms. The minimum atomic E-state index is -3.48. The topological polar surface area (TPSA) is 80.5 Å². The molecule has 1 fully saturated rings. The summed E-state index contributed by atoms with van der Waals surface area (Å²) in [4.78, 5) is 14.1. The first-order valence-electron chi connectivity index (χ1n) is 7.70. The van der Waals surface area contributed by atoms with Gasteiger partial charge < -0.3 is 4.90 Å². The molecule has 1 aliphatic rings. The number of nitrogens with two attached hydrogens (primary N) is 1. The molecule has 22 heavy (non-hydrogen) atoms. The van der Waals surface area contributed by atoms with Gasteiger partial charge in [0.15, 0.2) is 0 Å². The minimum absolute atomic E-state index is 0.0287. The number of carbonyl (C=O) groups is 1. The van der Waals surface area contributed by atoms with E-state index in [1.165, 1.54) is 11.1 Å². The van der Waals surface area contributed by atoms with Gasteiger partial charge in [0.1, 0.15) is 0 Å². The Hall–Kier alpha value is -1.40. The molecule has 2 rings (SSSR count). The third-order valence-electron chi connectivity index (χ3n) is 4.11. The summed E-state index contributed by atoms with van der Waals surface area (Å²) in [6, 6.07) is 8.42. The molecule has 1 unspecified atom stereocenters. The van der Waals surface area contributed by atoms with Gasteiger partial charge >= 0.3 is 0 Å². The number of nitrogens with zero attached hydrogens (tertiary/aromatic N) is 1. The highest BCUT2D eigenvalue weighted by atomic mass is 32.2. The third-order valence-corrected chi connectivity index (χ3v) is 4.96. The summed E-state index contributed by atoms with van der Waals surface area (Å²) in [5, 5.41) is 4.96. The van der Waals surface area contributed by atoms with Gasteiger partial charge in [-0.3, -0.25) is 4.79 Å². The van der Waals surface area contributed by atoms with E-state index in [0.717, 1.165) is 25.9 Å². The van der Waals surface area contributed by atoms with E-state index in [0.29, 0.717) is 12.3 Å². The lowest BCUT2D eigenvalue weighted by atomic mass is 9.89. The molecule has 0 saturated carbocycles. The summed E-state index contributed by atoms with van der Waals surface area (Å²) < 4.78 is 21.8. The van der Waals surface area contributed by atoms with E-state index >= 15 is 0 Å². The van der Waals surface area contributed by atoms with Crippen molar-refractivity contribution < 1.29 is 13.2 Å². The van der Waals surface area contributed by atoms with Crippen LogP contribution in [0.25, 0.3) is 0 Å². The second-order valence-electron chi connectivity index (χ2n) is 6.06. The number of aryl methyl sites for hydroxylation is 1. The van der Waals surface area contributed by atoms with Crippen molar-refractivity contribution in [3.8, 4) is 0 Å². The fourth-order valence-electron chi connectivity index (χ4n) is 2.98. The Morgan fingerprint density at radius 2 is 2.18 bits per heavy atom. The van der Waals surface area contributed by atoms with Crippen molar-refractivity contribution in [2.45, 2.75) is 38.5 Å². The molecule has 0 spiro atoms. The minimum Gasteiger partial charge on any atom is -0.342 e. The van der Waals surface area contributed by atoms with Crippen LogP contribution in [0.4, 0.5) is 0 Å². The molecule has 1 aliphatic heterocycles. The molecular formula is C16H24N2O3S. The van der Waals surface area contributed by atoms with Crippen LogP contribution in [-0.4, -0.2) is 38.1 Å². The van der Waals surface area contributed by atoms with E-state index in [4.69, 9.17) is 5.14 Å². The summed E-state index contributed by atoms with van der Waals surface area (Å²) in [5.74, 6) is 0.269. The van der Waals surface area contributed by atoms with Gasteiger partial charge in [0.2, 0.25) is 15.9 Å². The van der Waals surface area contributed by atoms with Crippen LogP contribution in [0, 0.1) is 6.92 Å². The molecule has 0 aromatic heterocycles. The first-order valence-corrected chi connectivity index (χ1v) is 9.41. The van der Waals surface area contributed by atoms with Gasteiger partial charge in [0, 0.05) is 25.4 Å². The van der Waals surface area contributed by atoms with E-state index in [1.54, 1.807) is 0 Å². The van der Waals surface area contributed by atoms with Crippen LogP contribution in [-0.2, 0) is 14.8 Å². The van der Waals surface area contributed by atoms with Gasteiger partial charge in [-0.25, -0.2) is 13.6 Å². The fraction of sp³-hybridized carbons (Fsp3) is 0.562. The maximum absolute atomic E-state index is 12.2. The van der Waals surface area contributed by atoms with Crippen molar-refractivity contribution in [1.29, 1.82) is 0 Å². The number of hydrogen-bond acceptors (Lipinski definition) is 3. The van der Waals surface area contributed by atoms with E-state index < -0.39 is 10.0 Å². The monoisotopic (exact) mass is 324 g/mol. The van der Waals surface area contributed by atoms with Crippen molar-refractivity contribution in [2.24, 2.45) is 5.14 Å². The number of hydrogen-bond donors (Lipinski definition) is 1. The van der Waals surface area contributed by atoms with Crippen LogP contribution < -0.4 is 5.14 Å². The van der Waals surface area contributed by atoms with E-state index in [-0.39, 0.29) is 18.1 Å². The van der Waals surface area contributed by atoms with Crippen molar-refractivity contribution >= 4 is 15.9 Å². The smallest absolute Gasteiger partial charge is 0.222 e. The Kier molecular flexibility index (Phi) is 5.58. The standard InChI is InChI=1S/C16H24N2O3S/c1-13-5-2-6-14(11-13)15-7-3-9-18(12-15)16(19)8-4-10-22(17,20)21/h2,5-6,11,15H,3-4,7-10,12H2,1H3,(H2,17,20,21). The quantitative estimate of drug-likeness (QED) is 0.896. The van der Waals surface area contributed by atoms with Gasteiger partial charge in [-0.2, -0.15) is 0 Å². The normalized spacial score (nSPS) is 19.2. The van der Waals surface area contributed by atoms with E-state index in [2.05, 4.69) is 31.2 Å². The number of likely N-dealkylation sites (tertiary alicyclic amines) is 1. The Balaban J connectivity index is 1.91. The summed E-state index contributed by atoms with van der Waals surface area (Å²) in [6.45, 7) is 3.55. The maximum Gasteiger partial charge on any atom is 0.222 e. The Bertz CT molecular complexity index is 628. The zero-order chi connectivity index (χ0) is 16.2. The molecule has 5 nitrogen and oxygen atoms in total. The fourth-order valence-corrected chi connectivity index (χ4v) is 3.53. The molecule has 1 atom stereocenters. The van der Waals surface area contributed by atoms with Crippen LogP contribution in [0.15, 0.2) is 24.3 Å². The predicted molar refractivity (Wildman–Crippen MR) is 86.9 cm³/mol. The highest BCUT2D eigenvalue weighted by Gasteiger charge is 2.24. The molecule has 122 valence electrons. The summed E-state index contributed by atoms with van der Waals surface area (Å²) >= 11 is 0. The first-order chi connectivity index (χ1) is 10.3. The van der Waals surface area contributed by atoms with Gasteiger partial charge in [-0.15, -0.1) is 0 Å². The second-order valence-corrected chi connectivity index (χ2v) is 7.80. The van der Waals surface area contributed by atoms with Crippen LogP contribution in [0.1, 0.15) is 42.7 Å². The third kappa shape index (κ3) is 5.10. The van der Waals surface area contributed by atoms with Crippen LogP contribution in [0.2, 0.25) is 0 Å². The van der Waals surface area contributed by atoms with Gasteiger partial charge in [0.25, 0.3) is 0 Å². The largest absolute Gasteiger partial charge is 0.342 e. The number of primary sulfonamides is 1. The molecule has 1 aromatic carbocycles. The zero-order valence-electron chi connectivity index (χ0n) is 13.0. The number of benzene rings is 1. The molecule has 1 saturated heterocycles. The number of piperidine rings is 1. The summed E-state index contributed by atoms with van der Waals surface area (Å²) in [5.41, 5.74) is 2.51. The molecule has 2 N–H and O–H groups in total. The summed E-state index contributed by atoms with van der Waals surface area (Å²) in [7, 11) is -3.48. The Morgan fingerprint density at radius 3 is 2.86 bits per heavy atom. The average Bonchev–Trinajstić information content (AvgIpc) is 2.46. The number of rotatable bonds is 5. The SMILES string of the molecule is Cc1cccc(C2CCCN(C(=O)CCCS(N)(=O)=O)C2)c1. The second kappa shape index (κ2) is 7.24. The lowest BCUT2D eigenvalue weighted by Gasteiger charge is -2.33. The van der Waals surface area contributed by atoms with E-state index in [1.807, 2.05) is 4.90 Å². The highest BCUT2D eigenvalue weighted by molar-refractivity contribution is 7.89. The molecule has 0 bridgehead atoms. The maximum atomic E-state index is 12.2. The molecule has 0 aliphatic carbocycles. The van der Waals surface area contributed by atoms with Crippen LogP contribution in [0.3, 0.4) is 0 Å². The van der Waals surface area contributed by atoms with Crippen molar-refractivity contribution in [1.82, 2.24) is 4.90 Å². The number of amides is 1. The molecule has 0 radical (unpaired) electrons. The number of carbonyl (C=O) groups excluding carboxylic acids is 1. The van der Waals surface area contributed by atoms with Crippen molar-refractivity contribution in [3.05, 3.63) is 35.4 Å². The van der Waals surface area contributed by atoms with Gasteiger partial charge in [-0.1, -0.05) is 29.8 Å². The first kappa shape index (κ1) is 17.0. The lowest BCUT2D eigenvalue weighted by Crippen LogP contribution is -2.39. The lowest BCUT2D eigenvalue weighted by molar-refractivity contribution is -0.132. The Morgan fingerprint density at radius 1 is 1.41 bits per heavy atom. The molecule has 1 heterocycles. The van der Waals surface area contributed by atoms with Crippen LogP contribution in [0.5, 0.6) is 0 Å². The summed E-state index contributed by atoms with van der Waals surface area (Å²) in [6.07, 6.45) is 2.62. The van der Waals surface area contributed by atoms with Gasteiger partial charge in [-0.05, 0) is 31.7 Å².